The van der Waals surface area contributed by atoms with Gasteiger partial charge in [-0.1, -0.05) is 0 Å². The molecular weight excluding hydrogens is 229 g/mol. The zero-order valence-corrected chi connectivity index (χ0v) is 8.08. The van der Waals surface area contributed by atoms with Gasteiger partial charge >= 0.3 is 18.2 Å². The van der Waals surface area contributed by atoms with Gasteiger partial charge in [0.1, 0.15) is 5.56 Å². The van der Waals surface area contributed by atoms with Crippen LogP contribution in [-0.2, 0) is 10.9 Å². The Bertz CT molecular complexity index is 406. The van der Waals surface area contributed by atoms with Gasteiger partial charge in [0.2, 0.25) is 0 Å². The van der Waals surface area contributed by atoms with Crippen molar-refractivity contribution in [1.82, 2.24) is 9.97 Å². The second-order valence-electron chi connectivity index (χ2n) is 2.65. The fourth-order valence-corrected chi connectivity index (χ4v) is 0.947. The lowest BCUT2D eigenvalue weighted by atomic mass is 10.2. The Hall–Kier alpha value is -1.86. The number of halogens is 3. The maximum atomic E-state index is 12.4. The molecule has 1 rings (SSSR count). The van der Waals surface area contributed by atoms with E-state index in [1.54, 1.807) is 0 Å². The van der Waals surface area contributed by atoms with E-state index in [1.165, 1.54) is 6.92 Å². The molecule has 1 heterocycles. The smallest absolute Gasteiger partial charge is 0.434 e. The SMILES string of the molecule is CCOC(=O)c1cnc(O)nc1C(F)(F)F. The van der Waals surface area contributed by atoms with Gasteiger partial charge in [-0.3, -0.25) is 0 Å². The van der Waals surface area contributed by atoms with E-state index in [0.717, 1.165) is 0 Å². The second kappa shape index (κ2) is 4.33. The van der Waals surface area contributed by atoms with Gasteiger partial charge in [-0.25, -0.2) is 9.78 Å². The van der Waals surface area contributed by atoms with Crippen molar-refractivity contribution in [2.24, 2.45) is 0 Å². The molecule has 0 spiro atoms. The van der Waals surface area contributed by atoms with Gasteiger partial charge in [0.15, 0.2) is 5.69 Å². The van der Waals surface area contributed by atoms with Crippen LogP contribution in [0.15, 0.2) is 6.20 Å². The molecule has 0 aliphatic carbocycles. The zero-order chi connectivity index (χ0) is 12.3. The van der Waals surface area contributed by atoms with Crippen molar-refractivity contribution in [2.45, 2.75) is 13.1 Å². The summed E-state index contributed by atoms with van der Waals surface area (Å²) in [6.07, 6.45) is -4.29. The summed E-state index contributed by atoms with van der Waals surface area (Å²) in [5, 5.41) is 8.74. The normalized spacial score (nSPS) is 11.2. The lowest BCUT2D eigenvalue weighted by molar-refractivity contribution is -0.142. The van der Waals surface area contributed by atoms with Gasteiger partial charge in [0, 0.05) is 6.20 Å². The summed E-state index contributed by atoms with van der Waals surface area (Å²) in [5.41, 5.74) is -2.34. The van der Waals surface area contributed by atoms with Crippen LogP contribution in [0.5, 0.6) is 6.01 Å². The molecule has 0 aromatic carbocycles. The van der Waals surface area contributed by atoms with E-state index < -0.39 is 29.4 Å². The fourth-order valence-electron chi connectivity index (χ4n) is 0.947. The third-order valence-electron chi connectivity index (χ3n) is 1.54. The van der Waals surface area contributed by atoms with E-state index in [4.69, 9.17) is 5.11 Å². The fraction of sp³-hybridized carbons (Fsp3) is 0.375. The molecule has 16 heavy (non-hydrogen) atoms. The number of esters is 1. The van der Waals surface area contributed by atoms with E-state index in [9.17, 15) is 18.0 Å². The summed E-state index contributed by atoms with van der Waals surface area (Å²) in [6, 6.07) is -1.06. The lowest BCUT2D eigenvalue weighted by Crippen LogP contribution is -2.17. The van der Waals surface area contributed by atoms with Crippen molar-refractivity contribution in [3.8, 4) is 6.01 Å². The Morgan fingerprint density at radius 2 is 2.19 bits per heavy atom. The van der Waals surface area contributed by atoms with Crippen LogP contribution >= 0.6 is 0 Å². The highest BCUT2D eigenvalue weighted by atomic mass is 19.4. The maximum absolute atomic E-state index is 12.4. The molecule has 1 N–H and O–H groups in total. The van der Waals surface area contributed by atoms with Gasteiger partial charge < -0.3 is 9.84 Å². The van der Waals surface area contributed by atoms with Gasteiger partial charge in [-0.15, -0.1) is 0 Å². The van der Waals surface area contributed by atoms with Crippen molar-refractivity contribution in [2.75, 3.05) is 6.61 Å². The van der Waals surface area contributed by atoms with Crippen LogP contribution in [0, 0.1) is 0 Å². The Balaban J connectivity index is 3.23. The molecule has 0 saturated carbocycles. The highest BCUT2D eigenvalue weighted by molar-refractivity contribution is 5.90. The molecule has 0 atom stereocenters. The molecule has 0 unspecified atom stereocenters. The standard InChI is InChI=1S/C8H7F3N2O3/c1-2-16-6(14)4-3-12-7(15)13-5(4)8(9,10)11/h3H,2H2,1H3,(H,12,13,15). The minimum atomic E-state index is -4.86. The molecule has 1 aromatic heterocycles. The number of aromatic nitrogens is 2. The molecule has 0 radical (unpaired) electrons. The largest absolute Gasteiger partial charge is 0.479 e. The molecule has 0 amide bonds. The first-order chi connectivity index (χ1) is 7.36. The van der Waals surface area contributed by atoms with Crippen molar-refractivity contribution >= 4 is 5.97 Å². The molecule has 0 saturated heterocycles. The molecular formula is C8H7F3N2O3. The zero-order valence-electron chi connectivity index (χ0n) is 8.08. The molecule has 0 fully saturated rings. The van der Waals surface area contributed by atoms with E-state index in [-0.39, 0.29) is 6.61 Å². The van der Waals surface area contributed by atoms with Crippen molar-refractivity contribution < 1.29 is 27.8 Å². The quantitative estimate of drug-likeness (QED) is 0.785. The first-order valence-corrected chi connectivity index (χ1v) is 4.16. The van der Waals surface area contributed by atoms with Crippen LogP contribution < -0.4 is 0 Å². The number of carbonyl (C=O) groups is 1. The monoisotopic (exact) mass is 236 g/mol. The van der Waals surface area contributed by atoms with E-state index in [2.05, 4.69) is 14.7 Å². The number of carbonyl (C=O) groups excluding carboxylic acids is 1. The molecule has 88 valence electrons. The summed E-state index contributed by atoms with van der Waals surface area (Å²) < 4.78 is 41.7. The molecule has 5 nitrogen and oxygen atoms in total. The highest BCUT2D eigenvalue weighted by Crippen LogP contribution is 2.31. The Morgan fingerprint density at radius 3 is 2.69 bits per heavy atom. The molecule has 0 aliphatic rings. The van der Waals surface area contributed by atoms with Crippen LogP contribution in [0.1, 0.15) is 23.0 Å². The number of alkyl halides is 3. The first kappa shape index (κ1) is 12.2. The summed E-state index contributed by atoms with van der Waals surface area (Å²) in [4.78, 5) is 17.0. The predicted molar refractivity (Wildman–Crippen MR) is 44.7 cm³/mol. The van der Waals surface area contributed by atoms with Gasteiger partial charge in [-0.05, 0) is 6.92 Å². The van der Waals surface area contributed by atoms with Crippen LogP contribution in [0.2, 0.25) is 0 Å². The van der Waals surface area contributed by atoms with Crippen LogP contribution in [0.4, 0.5) is 13.2 Å². The topological polar surface area (TPSA) is 72.3 Å². The van der Waals surface area contributed by atoms with Crippen molar-refractivity contribution in [3.05, 3.63) is 17.5 Å². The van der Waals surface area contributed by atoms with Gasteiger partial charge in [0.25, 0.3) is 0 Å². The van der Waals surface area contributed by atoms with Crippen molar-refractivity contribution in [3.63, 3.8) is 0 Å². The van der Waals surface area contributed by atoms with E-state index in [1.807, 2.05) is 0 Å². The number of hydrogen-bond acceptors (Lipinski definition) is 5. The average Bonchev–Trinajstić information content (AvgIpc) is 2.16. The Labute approximate surface area is 87.9 Å². The minimum absolute atomic E-state index is 0.0724. The predicted octanol–water partition coefficient (Wildman–Crippen LogP) is 1.38. The number of ether oxygens (including phenoxy) is 1. The second-order valence-corrected chi connectivity index (χ2v) is 2.65. The van der Waals surface area contributed by atoms with Crippen LogP contribution in [0.3, 0.4) is 0 Å². The van der Waals surface area contributed by atoms with Crippen LogP contribution in [-0.4, -0.2) is 27.7 Å². The number of rotatable bonds is 2. The minimum Gasteiger partial charge on any atom is -0.479 e. The maximum Gasteiger partial charge on any atom is 0.434 e. The molecule has 8 heteroatoms. The lowest BCUT2D eigenvalue weighted by Gasteiger charge is -2.10. The Morgan fingerprint density at radius 1 is 1.56 bits per heavy atom. The Kier molecular flexibility index (Phi) is 3.31. The summed E-state index contributed by atoms with van der Waals surface area (Å²) in [6.45, 7) is 1.38. The number of aromatic hydroxyl groups is 1. The van der Waals surface area contributed by atoms with Crippen LogP contribution in [0.25, 0.3) is 0 Å². The number of hydrogen-bond donors (Lipinski definition) is 1. The third-order valence-corrected chi connectivity index (χ3v) is 1.54. The van der Waals surface area contributed by atoms with Gasteiger partial charge in [0.05, 0.1) is 6.61 Å². The first-order valence-electron chi connectivity index (χ1n) is 4.16. The third kappa shape index (κ3) is 2.59. The number of nitrogens with zero attached hydrogens (tertiary/aromatic N) is 2. The summed E-state index contributed by atoms with van der Waals surface area (Å²) >= 11 is 0. The summed E-state index contributed by atoms with van der Waals surface area (Å²) in [5.74, 6) is -1.19. The van der Waals surface area contributed by atoms with Crippen molar-refractivity contribution in [1.29, 1.82) is 0 Å². The highest BCUT2D eigenvalue weighted by Gasteiger charge is 2.38. The van der Waals surface area contributed by atoms with E-state index >= 15 is 0 Å². The molecule has 0 bridgehead atoms. The molecule has 0 aliphatic heterocycles. The van der Waals surface area contributed by atoms with E-state index in [0.29, 0.717) is 6.20 Å². The van der Waals surface area contributed by atoms with Gasteiger partial charge in [-0.2, -0.15) is 18.2 Å². The molecule has 1 aromatic rings. The average molecular weight is 236 g/mol. The summed E-state index contributed by atoms with van der Waals surface area (Å²) in [7, 11) is 0.